The molecule has 1 saturated heterocycles. The number of nitrogens with zero attached hydrogens (tertiary/aromatic N) is 2. The van der Waals surface area contributed by atoms with Crippen LogP contribution in [0, 0.1) is 16.7 Å². The van der Waals surface area contributed by atoms with Gasteiger partial charge in [0, 0.05) is 13.0 Å². The zero-order valence-corrected chi connectivity index (χ0v) is 8.49. The minimum absolute atomic E-state index is 0.532. The minimum Gasteiger partial charge on any atom is -0.481 e. The summed E-state index contributed by atoms with van der Waals surface area (Å²) in [7, 11) is 0. The molecule has 4 nitrogen and oxygen atoms in total. The van der Waals surface area contributed by atoms with Gasteiger partial charge in [-0.15, -0.1) is 0 Å². The van der Waals surface area contributed by atoms with Crippen LogP contribution in [0.15, 0.2) is 0 Å². The van der Waals surface area contributed by atoms with Gasteiger partial charge in [0.25, 0.3) is 0 Å². The maximum Gasteiger partial charge on any atom is 0.309 e. The number of rotatable bonds is 3. The highest BCUT2D eigenvalue weighted by Crippen LogP contribution is 2.30. The van der Waals surface area contributed by atoms with Crippen LogP contribution in [0.1, 0.15) is 26.2 Å². The molecule has 1 aliphatic rings. The third-order valence-corrected chi connectivity index (χ3v) is 3.02. The van der Waals surface area contributed by atoms with Gasteiger partial charge in [-0.05, 0) is 32.9 Å². The molecule has 0 bridgehead atoms. The quantitative estimate of drug-likeness (QED) is 0.733. The van der Waals surface area contributed by atoms with E-state index in [4.69, 9.17) is 10.4 Å². The summed E-state index contributed by atoms with van der Waals surface area (Å²) in [5, 5.41) is 17.4. The van der Waals surface area contributed by atoms with Crippen molar-refractivity contribution in [1.82, 2.24) is 4.90 Å². The third kappa shape index (κ3) is 2.46. The molecule has 0 amide bonds. The van der Waals surface area contributed by atoms with Gasteiger partial charge in [0.1, 0.15) is 0 Å². The Morgan fingerprint density at radius 2 is 2.14 bits per heavy atom. The summed E-state index contributed by atoms with van der Waals surface area (Å²) >= 11 is 0. The van der Waals surface area contributed by atoms with Crippen LogP contribution in [-0.4, -0.2) is 35.6 Å². The lowest BCUT2D eigenvalue weighted by Gasteiger charge is -2.36. The zero-order chi connectivity index (χ0) is 10.6. The van der Waals surface area contributed by atoms with Crippen LogP contribution < -0.4 is 0 Å². The molecule has 0 aromatic rings. The SMILES string of the molecule is CC1(C(=O)O)CCN(CCC#N)CC1. The fourth-order valence-corrected chi connectivity index (χ4v) is 1.69. The fraction of sp³-hybridized carbons (Fsp3) is 0.800. The van der Waals surface area contributed by atoms with Gasteiger partial charge in [0.2, 0.25) is 0 Å². The summed E-state index contributed by atoms with van der Waals surface area (Å²) in [5.74, 6) is -0.697. The number of carboxylic acid groups (broad SMARTS) is 1. The van der Waals surface area contributed by atoms with Crippen molar-refractivity contribution in [2.75, 3.05) is 19.6 Å². The first-order valence-corrected chi connectivity index (χ1v) is 4.91. The van der Waals surface area contributed by atoms with E-state index in [1.165, 1.54) is 0 Å². The molecule has 78 valence electrons. The van der Waals surface area contributed by atoms with Crippen molar-refractivity contribution in [2.24, 2.45) is 5.41 Å². The monoisotopic (exact) mass is 196 g/mol. The normalized spacial score (nSPS) is 21.4. The fourth-order valence-electron chi connectivity index (χ4n) is 1.69. The molecule has 0 aromatic heterocycles. The minimum atomic E-state index is -0.697. The van der Waals surface area contributed by atoms with Gasteiger partial charge in [-0.25, -0.2) is 0 Å². The van der Waals surface area contributed by atoms with Crippen LogP contribution >= 0.6 is 0 Å². The maximum absolute atomic E-state index is 10.9. The van der Waals surface area contributed by atoms with Crippen LogP contribution in [0.5, 0.6) is 0 Å². The molecule has 14 heavy (non-hydrogen) atoms. The number of likely N-dealkylation sites (tertiary alicyclic amines) is 1. The summed E-state index contributed by atoms with van der Waals surface area (Å²) in [5.41, 5.74) is -0.552. The summed E-state index contributed by atoms with van der Waals surface area (Å²) in [4.78, 5) is 13.1. The smallest absolute Gasteiger partial charge is 0.309 e. The van der Waals surface area contributed by atoms with Crippen LogP contribution in [0.25, 0.3) is 0 Å². The first-order chi connectivity index (χ1) is 6.58. The lowest BCUT2D eigenvalue weighted by Crippen LogP contribution is -2.42. The molecule has 1 fully saturated rings. The number of nitriles is 1. The Morgan fingerprint density at radius 3 is 2.57 bits per heavy atom. The Morgan fingerprint density at radius 1 is 1.57 bits per heavy atom. The molecule has 0 radical (unpaired) electrons. The highest BCUT2D eigenvalue weighted by molar-refractivity contribution is 5.74. The highest BCUT2D eigenvalue weighted by atomic mass is 16.4. The zero-order valence-electron chi connectivity index (χ0n) is 8.49. The van der Waals surface area contributed by atoms with E-state index in [2.05, 4.69) is 11.0 Å². The van der Waals surface area contributed by atoms with Gasteiger partial charge >= 0.3 is 5.97 Å². The largest absolute Gasteiger partial charge is 0.481 e. The van der Waals surface area contributed by atoms with Gasteiger partial charge in [0.15, 0.2) is 0 Å². The first kappa shape index (κ1) is 11.0. The molecule has 0 spiro atoms. The number of hydrogen-bond donors (Lipinski definition) is 1. The van der Waals surface area contributed by atoms with Crippen molar-refractivity contribution in [3.05, 3.63) is 0 Å². The van der Waals surface area contributed by atoms with Crippen LogP contribution in [0.4, 0.5) is 0 Å². The number of aliphatic carboxylic acids is 1. The lowest BCUT2D eigenvalue weighted by atomic mass is 9.80. The highest BCUT2D eigenvalue weighted by Gasteiger charge is 2.36. The van der Waals surface area contributed by atoms with E-state index in [-0.39, 0.29) is 0 Å². The summed E-state index contributed by atoms with van der Waals surface area (Å²) < 4.78 is 0. The number of carboxylic acids is 1. The van der Waals surface area contributed by atoms with Gasteiger partial charge in [-0.2, -0.15) is 5.26 Å². The molecule has 0 atom stereocenters. The lowest BCUT2D eigenvalue weighted by molar-refractivity contribution is -0.150. The Bertz CT molecular complexity index is 249. The van der Waals surface area contributed by atoms with Gasteiger partial charge < -0.3 is 10.0 Å². The Labute approximate surface area is 84.1 Å². The molecule has 1 rings (SSSR count). The maximum atomic E-state index is 10.9. The van der Waals surface area contributed by atoms with Gasteiger partial charge in [-0.3, -0.25) is 4.79 Å². The summed E-state index contributed by atoms with van der Waals surface area (Å²) in [6.07, 6.45) is 1.91. The Balaban J connectivity index is 2.38. The van der Waals surface area contributed by atoms with Crippen molar-refractivity contribution in [1.29, 1.82) is 5.26 Å². The topological polar surface area (TPSA) is 64.3 Å². The van der Waals surface area contributed by atoms with E-state index < -0.39 is 11.4 Å². The van der Waals surface area contributed by atoms with Crippen molar-refractivity contribution >= 4 is 5.97 Å². The second-order valence-corrected chi connectivity index (χ2v) is 4.12. The van der Waals surface area contributed by atoms with E-state index in [9.17, 15) is 4.79 Å². The first-order valence-electron chi connectivity index (χ1n) is 4.91. The van der Waals surface area contributed by atoms with Crippen molar-refractivity contribution < 1.29 is 9.90 Å². The average molecular weight is 196 g/mol. The molecular formula is C10H16N2O2. The molecule has 1 aliphatic heterocycles. The molecular weight excluding hydrogens is 180 g/mol. The van der Waals surface area contributed by atoms with Crippen LogP contribution in [0.3, 0.4) is 0 Å². The molecule has 0 aliphatic carbocycles. The van der Waals surface area contributed by atoms with Crippen molar-refractivity contribution in [3.8, 4) is 6.07 Å². The molecule has 0 aromatic carbocycles. The van der Waals surface area contributed by atoms with E-state index in [1.54, 1.807) is 6.92 Å². The Hall–Kier alpha value is -1.08. The average Bonchev–Trinajstić information content (AvgIpc) is 2.17. The van der Waals surface area contributed by atoms with E-state index in [0.29, 0.717) is 19.3 Å². The van der Waals surface area contributed by atoms with Crippen LogP contribution in [0.2, 0.25) is 0 Å². The standard InChI is InChI=1S/C10H16N2O2/c1-10(9(13)14)3-7-12(8-4-10)6-2-5-11/h2-4,6-8H2,1H3,(H,13,14). The molecule has 1 heterocycles. The van der Waals surface area contributed by atoms with Crippen molar-refractivity contribution in [2.45, 2.75) is 26.2 Å². The number of carbonyl (C=O) groups is 1. The summed E-state index contributed by atoms with van der Waals surface area (Å²) in [6, 6.07) is 2.10. The van der Waals surface area contributed by atoms with E-state index in [0.717, 1.165) is 19.6 Å². The second-order valence-electron chi connectivity index (χ2n) is 4.12. The Kier molecular flexibility index (Phi) is 3.48. The van der Waals surface area contributed by atoms with Crippen molar-refractivity contribution in [3.63, 3.8) is 0 Å². The third-order valence-electron chi connectivity index (χ3n) is 3.02. The number of piperidine rings is 1. The second kappa shape index (κ2) is 4.43. The van der Waals surface area contributed by atoms with E-state index in [1.807, 2.05) is 0 Å². The molecule has 4 heteroatoms. The van der Waals surface area contributed by atoms with Gasteiger partial charge in [-0.1, -0.05) is 0 Å². The predicted molar refractivity (Wildman–Crippen MR) is 51.6 cm³/mol. The molecule has 1 N–H and O–H groups in total. The molecule has 0 unspecified atom stereocenters. The van der Waals surface area contributed by atoms with E-state index >= 15 is 0 Å². The summed E-state index contributed by atoms with van der Waals surface area (Å²) in [6.45, 7) is 4.16. The predicted octanol–water partition coefficient (Wildman–Crippen LogP) is 1.09. The van der Waals surface area contributed by atoms with Crippen LogP contribution in [-0.2, 0) is 4.79 Å². The number of hydrogen-bond acceptors (Lipinski definition) is 3. The molecule has 0 saturated carbocycles. The van der Waals surface area contributed by atoms with Gasteiger partial charge in [0.05, 0.1) is 11.5 Å².